The molecule has 0 aliphatic carbocycles. The summed E-state index contributed by atoms with van der Waals surface area (Å²) in [6.07, 6.45) is 0.708. The Hall–Kier alpha value is -4.72. The third kappa shape index (κ3) is 6.71. The smallest absolute Gasteiger partial charge is 0.412 e. The van der Waals surface area contributed by atoms with Crippen molar-refractivity contribution < 1.29 is 37.3 Å². The van der Waals surface area contributed by atoms with E-state index in [1.165, 1.54) is 0 Å². The molecule has 2 aromatic carbocycles. The number of amides is 2. The molecule has 0 saturated carbocycles. The molecule has 9 rings (SSSR count). The lowest BCUT2D eigenvalue weighted by Gasteiger charge is -2.46. The van der Waals surface area contributed by atoms with Crippen LogP contribution in [-0.4, -0.2) is 105 Å². The fourth-order valence-corrected chi connectivity index (χ4v) is 11.5. The van der Waals surface area contributed by atoms with Gasteiger partial charge in [-0.3, -0.25) is 15.1 Å². The van der Waals surface area contributed by atoms with Crippen LogP contribution >= 0.6 is 22.9 Å². The minimum absolute atomic E-state index is 0.0504. The summed E-state index contributed by atoms with van der Waals surface area (Å²) in [6.45, 7) is 14.1. The maximum atomic E-state index is 17.8. The summed E-state index contributed by atoms with van der Waals surface area (Å²) in [5, 5.41) is 14.0. The molecule has 17 heteroatoms. The highest BCUT2D eigenvalue weighted by Gasteiger charge is 2.54. The first-order chi connectivity index (χ1) is 28.4. The number of anilines is 2. The molecule has 7 heterocycles. The number of aromatic nitrogens is 2. The normalized spacial score (nSPS) is 25.4. The molecule has 5 aliphatic rings. The highest BCUT2D eigenvalue weighted by molar-refractivity contribution is 7.23. The first-order valence-electron chi connectivity index (χ1n) is 20.5. The van der Waals surface area contributed by atoms with Crippen molar-refractivity contribution >= 4 is 66.9 Å². The standard InChI is InChI=1S/C43H48ClF2N7O6S/c1-21(43-14-9-15-51(43)18-22(45)16-43)57-38-48-34-31-35(56-20-27-26-13-12-23(19-52(27)36(31)49-38)53(26)40(55)59-42(5,6)7)32(44)30(33(34)46)24-10-8-11-28-29(24)25(17-47)37(60-28)50-39(54)58-41(2,3)4/h8,10-11,21-23,26-27H,9,12-16,18-20H2,1-7H3,(H,50,54)/t21?,22-,23-,26+,27-,43+/m1/s1. The molecule has 1 unspecified atom stereocenters. The van der Waals surface area contributed by atoms with Gasteiger partial charge in [0.2, 0.25) is 0 Å². The summed E-state index contributed by atoms with van der Waals surface area (Å²) >= 11 is 8.46. The van der Waals surface area contributed by atoms with Gasteiger partial charge in [-0.1, -0.05) is 23.7 Å². The van der Waals surface area contributed by atoms with Crippen molar-refractivity contribution in [3.8, 4) is 29.0 Å². The summed E-state index contributed by atoms with van der Waals surface area (Å²) in [4.78, 5) is 42.3. The predicted molar refractivity (Wildman–Crippen MR) is 225 cm³/mol. The van der Waals surface area contributed by atoms with Gasteiger partial charge in [0, 0.05) is 35.2 Å². The summed E-state index contributed by atoms with van der Waals surface area (Å²) in [6, 6.07) is 6.33. The Labute approximate surface area is 355 Å². The molecule has 0 radical (unpaired) electrons. The van der Waals surface area contributed by atoms with E-state index in [1.54, 1.807) is 39.0 Å². The molecule has 4 saturated heterocycles. The van der Waals surface area contributed by atoms with E-state index in [0.717, 1.165) is 37.1 Å². The monoisotopic (exact) mass is 863 g/mol. The summed E-state index contributed by atoms with van der Waals surface area (Å²) in [5.74, 6) is -0.271. The number of hydrogen-bond donors (Lipinski definition) is 1. The molecule has 2 amide bonds. The van der Waals surface area contributed by atoms with E-state index < -0.39 is 53.1 Å². The van der Waals surface area contributed by atoms with Crippen LogP contribution in [0.1, 0.15) is 86.1 Å². The fraction of sp³-hybridized carbons (Fsp3) is 0.558. The van der Waals surface area contributed by atoms with Crippen molar-refractivity contribution in [3.63, 3.8) is 0 Å². The Bertz CT molecular complexity index is 2480. The average Bonchev–Trinajstić information content (AvgIpc) is 3.87. The van der Waals surface area contributed by atoms with Gasteiger partial charge >= 0.3 is 18.2 Å². The number of nitrogens with one attached hydrogen (secondary N) is 1. The number of hydrogen-bond acceptors (Lipinski definition) is 12. The first-order valence-corrected chi connectivity index (χ1v) is 21.7. The first kappa shape index (κ1) is 40.7. The predicted octanol–water partition coefficient (Wildman–Crippen LogP) is 9.22. The SMILES string of the molecule is CC(Oc1nc2c3c(c(Cl)c(-c4cccc5sc(NC(=O)OC(C)(C)C)c(C#N)c45)c(F)c3n1)OC[C@@H]1[C@@H]3CC[C@H](CN21)N3C(=O)OC(C)(C)C)[C@@]12CCCN1C[C@H](F)C2. The highest BCUT2D eigenvalue weighted by Crippen LogP contribution is 2.53. The van der Waals surface area contributed by atoms with Gasteiger partial charge in [0.05, 0.1) is 39.6 Å². The van der Waals surface area contributed by atoms with Crippen molar-refractivity contribution in [3.05, 3.63) is 34.6 Å². The van der Waals surface area contributed by atoms with Crippen LogP contribution in [0.5, 0.6) is 11.8 Å². The number of nitriles is 1. The minimum Gasteiger partial charge on any atom is -0.489 e. The molecule has 318 valence electrons. The number of fused-ring (bicyclic) bond motifs is 7. The number of rotatable bonds is 5. The maximum absolute atomic E-state index is 17.8. The maximum Gasteiger partial charge on any atom is 0.412 e. The Morgan fingerprint density at radius 3 is 2.60 bits per heavy atom. The van der Waals surface area contributed by atoms with Crippen LogP contribution in [0.25, 0.3) is 32.1 Å². The second-order valence-electron chi connectivity index (χ2n) is 18.5. The van der Waals surface area contributed by atoms with E-state index >= 15 is 4.39 Å². The fourth-order valence-electron chi connectivity index (χ4n) is 10.1. The highest BCUT2D eigenvalue weighted by atomic mass is 35.5. The number of carbonyl (C=O) groups is 2. The van der Waals surface area contributed by atoms with E-state index in [0.29, 0.717) is 41.8 Å². The van der Waals surface area contributed by atoms with Gasteiger partial charge in [-0.05, 0) is 92.3 Å². The number of nitrogens with zero attached hydrogens (tertiary/aromatic N) is 6. The third-order valence-electron chi connectivity index (χ3n) is 12.4. The number of piperazine rings is 1. The molecular weight excluding hydrogens is 816 g/mol. The second-order valence-corrected chi connectivity index (χ2v) is 20.0. The molecule has 4 fully saturated rings. The topological polar surface area (TPSA) is 142 Å². The van der Waals surface area contributed by atoms with Crippen molar-refractivity contribution in [1.29, 1.82) is 5.26 Å². The Morgan fingerprint density at radius 2 is 1.87 bits per heavy atom. The average molecular weight is 864 g/mol. The number of carbonyl (C=O) groups excluding carboxylic acids is 2. The number of alkyl halides is 1. The van der Waals surface area contributed by atoms with Crippen LogP contribution in [0, 0.1) is 17.1 Å². The zero-order chi connectivity index (χ0) is 42.6. The van der Waals surface area contributed by atoms with Crippen LogP contribution in [0.4, 0.5) is 29.2 Å². The lowest BCUT2D eigenvalue weighted by molar-refractivity contribution is 0.00539. The van der Waals surface area contributed by atoms with Crippen molar-refractivity contribution in [2.45, 2.75) is 128 Å². The minimum atomic E-state index is -0.990. The zero-order valence-corrected chi connectivity index (χ0v) is 36.2. The lowest BCUT2D eigenvalue weighted by atomic mass is 9.88. The largest absolute Gasteiger partial charge is 0.489 e. The van der Waals surface area contributed by atoms with Crippen LogP contribution in [0.15, 0.2) is 18.2 Å². The Morgan fingerprint density at radius 1 is 1.10 bits per heavy atom. The van der Waals surface area contributed by atoms with Gasteiger partial charge in [-0.2, -0.15) is 15.2 Å². The van der Waals surface area contributed by atoms with E-state index in [2.05, 4.69) is 21.2 Å². The van der Waals surface area contributed by atoms with Crippen molar-refractivity contribution in [2.24, 2.45) is 0 Å². The van der Waals surface area contributed by atoms with Gasteiger partial charge in [-0.25, -0.2) is 18.4 Å². The molecule has 1 N–H and O–H groups in total. The second kappa shape index (κ2) is 14.4. The molecule has 2 bridgehead atoms. The molecule has 5 aliphatic heterocycles. The van der Waals surface area contributed by atoms with Crippen molar-refractivity contribution in [2.75, 3.05) is 36.5 Å². The Balaban J connectivity index is 1.20. The van der Waals surface area contributed by atoms with Gasteiger partial charge in [-0.15, -0.1) is 11.3 Å². The molecule has 60 heavy (non-hydrogen) atoms. The van der Waals surface area contributed by atoms with Crippen LogP contribution < -0.4 is 19.7 Å². The van der Waals surface area contributed by atoms with Crippen molar-refractivity contribution in [1.82, 2.24) is 19.8 Å². The van der Waals surface area contributed by atoms with E-state index in [4.69, 9.17) is 40.5 Å². The van der Waals surface area contributed by atoms with E-state index in [-0.39, 0.29) is 68.1 Å². The molecule has 13 nitrogen and oxygen atoms in total. The number of benzene rings is 2. The van der Waals surface area contributed by atoms with Gasteiger partial charge in [0.15, 0.2) is 11.6 Å². The molecule has 6 atom stereocenters. The Kier molecular flexibility index (Phi) is 9.79. The number of halogens is 3. The van der Waals surface area contributed by atoms with Gasteiger partial charge in [0.1, 0.15) is 52.5 Å². The van der Waals surface area contributed by atoms with E-state index in [1.807, 2.05) is 32.6 Å². The summed E-state index contributed by atoms with van der Waals surface area (Å²) in [5.41, 5.74) is -1.81. The molecule has 2 aromatic heterocycles. The van der Waals surface area contributed by atoms with Crippen LogP contribution in [0.3, 0.4) is 0 Å². The van der Waals surface area contributed by atoms with Gasteiger partial charge in [0.25, 0.3) is 0 Å². The number of ether oxygens (including phenoxy) is 4. The quantitative estimate of drug-likeness (QED) is 0.205. The van der Waals surface area contributed by atoms with E-state index in [9.17, 15) is 19.2 Å². The molecular formula is C43H48ClF2N7O6S. The molecule has 0 spiro atoms. The summed E-state index contributed by atoms with van der Waals surface area (Å²) in [7, 11) is 0. The number of thiophene rings is 1. The zero-order valence-electron chi connectivity index (χ0n) is 34.7. The van der Waals surface area contributed by atoms with Gasteiger partial charge < -0.3 is 23.8 Å². The molecule has 4 aromatic rings. The van der Waals surface area contributed by atoms with Crippen LogP contribution in [-0.2, 0) is 9.47 Å². The van der Waals surface area contributed by atoms with Crippen LogP contribution in [0.2, 0.25) is 5.02 Å². The third-order valence-corrected chi connectivity index (χ3v) is 13.9. The lowest BCUT2D eigenvalue weighted by Crippen LogP contribution is -2.63. The summed E-state index contributed by atoms with van der Waals surface area (Å²) < 4.78 is 58.0.